The van der Waals surface area contributed by atoms with Crippen LogP contribution in [0.1, 0.15) is 64.4 Å². The maximum absolute atomic E-state index is 12.8. The lowest BCUT2D eigenvalue weighted by Gasteiger charge is -2.32. The van der Waals surface area contributed by atoms with E-state index in [9.17, 15) is 9.59 Å². The largest absolute Gasteiger partial charge is 0.352 e. The number of benzene rings is 1. The molecule has 0 aliphatic heterocycles. The Morgan fingerprint density at radius 3 is 2.38 bits per heavy atom. The Morgan fingerprint density at radius 2 is 1.79 bits per heavy atom. The Bertz CT molecular complexity index is 524. The maximum atomic E-state index is 12.8. The molecule has 24 heavy (non-hydrogen) atoms. The van der Waals surface area contributed by atoms with Crippen LogP contribution < -0.4 is 5.32 Å². The lowest BCUT2D eigenvalue weighted by Crippen LogP contribution is -2.51. The van der Waals surface area contributed by atoms with E-state index in [1.165, 1.54) is 19.3 Å². The van der Waals surface area contributed by atoms with Gasteiger partial charge < -0.3 is 10.2 Å². The molecule has 2 rings (SSSR count). The Balaban J connectivity index is 2.08. The van der Waals surface area contributed by atoms with Crippen LogP contribution in [0.5, 0.6) is 0 Å². The molecule has 1 fully saturated rings. The fourth-order valence-corrected chi connectivity index (χ4v) is 3.45. The van der Waals surface area contributed by atoms with Gasteiger partial charge in [0.15, 0.2) is 0 Å². The van der Waals surface area contributed by atoms with Gasteiger partial charge in [0.2, 0.25) is 11.8 Å². The minimum atomic E-state index is -0.389. The molecule has 0 aromatic heterocycles. The highest BCUT2D eigenvalue weighted by Crippen LogP contribution is 2.19. The van der Waals surface area contributed by atoms with E-state index in [0.29, 0.717) is 19.4 Å². The van der Waals surface area contributed by atoms with Gasteiger partial charge in [-0.25, -0.2) is 0 Å². The molecule has 0 spiro atoms. The molecule has 1 saturated carbocycles. The van der Waals surface area contributed by atoms with Gasteiger partial charge >= 0.3 is 0 Å². The zero-order valence-corrected chi connectivity index (χ0v) is 15.0. The highest BCUT2D eigenvalue weighted by Gasteiger charge is 2.29. The van der Waals surface area contributed by atoms with Crippen molar-refractivity contribution >= 4 is 11.8 Å². The molecule has 1 atom stereocenters. The summed E-state index contributed by atoms with van der Waals surface area (Å²) in [4.78, 5) is 27.0. The molecular formula is C20H30N2O2. The van der Waals surface area contributed by atoms with Crippen molar-refractivity contribution in [2.45, 2.75) is 77.4 Å². The Hall–Kier alpha value is -1.84. The summed E-state index contributed by atoms with van der Waals surface area (Å²) < 4.78 is 0. The van der Waals surface area contributed by atoms with Crippen LogP contribution in [0.4, 0.5) is 0 Å². The van der Waals surface area contributed by atoms with Crippen LogP contribution in [0.25, 0.3) is 0 Å². The summed E-state index contributed by atoms with van der Waals surface area (Å²) in [6.07, 6.45) is 6.80. The van der Waals surface area contributed by atoms with Gasteiger partial charge in [-0.3, -0.25) is 9.59 Å². The predicted molar refractivity (Wildman–Crippen MR) is 96.4 cm³/mol. The Labute approximate surface area is 145 Å². The van der Waals surface area contributed by atoms with Crippen molar-refractivity contribution in [2.24, 2.45) is 0 Å². The van der Waals surface area contributed by atoms with Crippen LogP contribution in [0.3, 0.4) is 0 Å². The van der Waals surface area contributed by atoms with Gasteiger partial charge in [-0.2, -0.15) is 0 Å². The molecule has 132 valence electrons. The highest BCUT2D eigenvalue weighted by atomic mass is 16.2. The van der Waals surface area contributed by atoms with Crippen molar-refractivity contribution < 1.29 is 9.59 Å². The van der Waals surface area contributed by atoms with Crippen LogP contribution in [0.2, 0.25) is 0 Å². The molecule has 1 aliphatic rings. The zero-order chi connectivity index (χ0) is 17.4. The number of hydrogen-bond donors (Lipinski definition) is 1. The average Bonchev–Trinajstić information content (AvgIpc) is 2.62. The Morgan fingerprint density at radius 1 is 1.12 bits per heavy atom. The molecule has 4 heteroatoms. The standard InChI is InChI=1S/C20H30N2O2/c1-3-18(20(24)21-17-13-9-6-10-14-17)22(19(23)4-2)15-16-11-7-5-8-12-16/h5,7-8,11-12,17-18H,3-4,6,9-10,13-15H2,1-2H3,(H,21,24)/t18-/m1/s1. The molecule has 0 heterocycles. The van der Waals surface area contributed by atoms with Crippen molar-refractivity contribution in [1.29, 1.82) is 0 Å². The van der Waals surface area contributed by atoms with Crippen molar-refractivity contribution in [2.75, 3.05) is 0 Å². The lowest BCUT2D eigenvalue weighted by molar-refractivity contribution is -0.141. The van der Waals surface area contributed by atoms with E-state index in [2.05, 4.69) is 5.32 Å². The fraction of sp³-hybridized carbons (Fsp3) is 0.600. The summed E-state index contributed by atoms with van der Waals surface area (Å²) in [7, 11) is 0. The van der Waals surface area contributed by atoms with E-state index in [0.717, 1.165) is 18.4 Å². The zero-order valence-electron chi connectivity index (χ0n) is 15.0. The monoisotopic (exact) mass is 330 g/mol. The minimum absolute atomic E-state index is 0.00197. The van der Waals surface area contributed by atoms with Crippen LogP contribution in [0.15, 0.2) is 30.3 Å². The van der Waals surface area contributed by atoms with Gasteiger partial charge in [0.1, 0.15) is 6.04 Å². The van der Waals surface area contributed by atoms with E-state index in [1.807, 2.05) is 44.2 Å². The minimum Gasteiger partial charge on any atom is -0.352 e. The van der Waals surface area contributed by atoms with E-state index in [4.69, 9.17) is 0 Å². The smallest absolute Gasteiger partial charge is 0.243 e. The second kappa shape index (κ2) is 9.45. The summed E-state index contributed by atoms with van der Waals surface area (Å²) >= 11 is 0. The number of nitrogens with one attached hydrogen (secondary N) is 1. The van der Waals surface area contributed by atoms with Gasteiger partial charge in [0, 0.05) is 19.0 Å². The van der Waals surface area contributed by atoms with Gasteiger partial charge in [0.25, 0.3) is 0 Å². The molecule has 0 unspecified atom stereocenters. The number of carbonyl (C=O) groups is 2. The predicted octanol–water partition coefficient (Wildman–Crippen LogP) is 3.65. The highest BCUT2D eigenvalue weighted by molar-refractivity contribution is 5.87. The Kier molecular flexibility index (Phi) is 7.29. The number of hydrogen-bond acceptors (Lipinski definition) is 2. The summed E-state index contributed by atoms with van der Waals surface area (Å²) in [6, 6.07) is 9.78. The molecule has 1 aromatic rings. The van der Waals surface area contributed by atoms with Gasteiger partial charge in [-0.15, -0.1) is 0 Å². The third kappa shape index (κ3) is 5.08. The van der Waals surface area contributed by atoms with Gasteiger partial charge in [-0.1, -0.05) is 63.4 Å². The molecule has 1 N–H and O–H groups in total. The van der Waals surface area contributed by atoms with Crippen molar-refractivity contribution in [1.82, 2.24) is 10.2 Å². The third-order valence-corrected chi connectivity index (χ3v) is 4.84. The molecule has 4 nitrogen and oxygen atoms in total. The number of amides is 2. The van der Waals surface area contributed by atoms with Gasteiger partial charge in [0.05, 0.1) is 0 Å². The van der Waals surface area contributed by atoms with Crippen LogP contribution in [0, 0.1) is 0 Å². The first kappa shape index (κ1) is 18.5. The number of rotatable bonds is 7. The number of nitrogens with zero attached hydrogens (tertiary/aromatic N) is 1. The molecule has 2 amide bonds. The molecule has 0 radical (unpaired) electrons. The van der Waals surface area contributed by atoms with Gasteiger partial charge in [-0.05, 0) is 24.8 Å². The van der Waals surface area contributed by atoms with Crippen molar-refractivity contribution in [3.05, 3.63) is 35.9 Å². The van der Waals surface area contributed by atoms with Crippen molar-refractivity contribution in [3.8, 4) is 0 Å². The molecular weight excluding hydrogens is 300 g/mol. The lowest BCUT2D eigenvalue weighted by atomic mass is 9.95. The first-order valence-corrected chi connectivity index (χ1v) is 9.29. The quantitative estimate of drug-likeness (QED) is 0.829. The van der Waals surface area contributed by atoms with E-state index >= 15 is 0 Å². The normalized spacial score (nSPS) is 16.4. The van der Waals surface area contributed by atoms with Crippen LogP contribution in [-0.4, -0.2) is 28.8 Å². The molecule has 1 aliphatic carbocycles. The maximum Gasteiger partial charge on any atom is 0.243 e. The molecule has 0 bridgehead atoms. The van der Waals surface area contributed by atoms with E-state index in [1.54, 1.807) is 4.90 Å². The fourth-order valence-electron chi connectivity index (χ4n) is 3.45. The van der Waals surface area contributed by atoms with E-state index in [-0.39, 0.29) is 23.9 Å². The van der Waals surface area contributed by atoms with Crippen LogP contribution in [-0.2, 0) is 16.1 Å². The first-order chi connectivity index (χ1) is 11.7. The third-order valence-electron chi connectivity index (χ3n) is 4.84. The second-order valence-corrected chi connectivity index (χ2v) is 6.63. The summed E-state index contributed by atoms with van der Waals surface area (Å²) in [6.45, 7) is 4.32. The van der Waals surface area contributed by atoms with Crippen molar-refractivity contribution in [3.63, 3.8) is 0 Å². The molecule has 1 aromatic carbocycles. The van der Waals surface area contributed by atoms with Crippen LogP contribution >= 0.6 is 0 Å². The summed E-state index contributed by atoms with van der Waals surface area (Å²) in [5, 5.41) is 3.18. The van der Waals surface area contributed by atoms with E-state index < -0.39 is 0 Å². The average molecular weight is 330 g/mol. The topological polar surface area (TPSA) is 49.4 Å². The number of carbonyl (C=O) groups excluding carboxylic acids is 2. The molecule has 0 saturated heterocycles. The second-order valence-electron chi connectivity index (χ2n) is 6.63. The summed E-state index contributed by atoms with van der Waals surface area (Å²) in [5.41, 5.74) is 1.06. The SMILES string of the molecule is CCC(=O)N(Cc1ccccc1)[C@H](CC)C(=O)NC1CCCCC1. The summed E-state index contributed by atoms with van der Waals surface area (Å²) in [5.74, 6) is 0.0339. The first-order valence-electron chi connectivity index (χ1n) is 9.29.